The number of halogens is 1. The Kier molecular flexibility index (Phi) is 7.59. The van der Waals surface area contributed by atoms with Gasteiger partial charge in [-0.2, -0.15) is 0 Å². The normalized spacial score (nSPS) is 6.00. The van der Waals surface area contributed by atoms with Gasteiger partial charge in [0.25, 0.3) is 0 Å². The lowest BCUT2D eigenvalue weighted by atomic mass is 11.2. The summed E-state index contributed by atoms with van der Waals surface area (Å²) < 4.78 is 0. The Morgan fingerprint density at radius 1 is 1.29 bits per heavy atom. The van der Waals surface area contributed by atoms with Gasteiger partial charge in [0.2, 0.25) is 0 Å². The second-order valence-electron chi connectivity index (χ2n) is 0.553. The maximum atomic E-state index is 9.46. The van der Waals surface area contributed by atoms with E-state index in [9.17, 15) is 4.79 Å². The Balaban J connectivity index is 0. The monoisotopic (exact) mass is 128 g/mol. The molecule has 0 aromatic rings. The minimum atomic E-state index is -1.05. The molecule has 0 spiro atoms. The molecule has 5 nitrogen and oxygen atoms in total. The number of rotatable bonds is 0. The first-order chi connectivity index (χ1) is 2.81. The second kappa shape index (κ2) is 5.48. The maximum Gasteiger partial charge on any atom is 0.362 e. The summed E-state index contributed by atoms with van der Waals surface area (Å²) in [5.74, 6) is 0. The van der Waals surface area contributed by atoms with Crippen LogP contribution < -0.4 is 11.0 Å². The summed E-state index contributed by atoms with van der Waals surface area (Å²) in [4.78, 5) is 9.46. The minimum absolute atomic E-state index is 0. The smallest absolute Gasteiger partial charge is 0.287 e. The van der Waals surface area contributed by atoms with Gasteiger partial charge >= 0.3 is 6.03 Å². The molecule has 0 aliphatic heterocycles. The van der Waals surface area contributed by atoms with Crippen LogP contribution in [0.25, 0.3) is 0 Å². The Labute approximate surface area is 45.7 Å². The standard InChI is InChI=1S/CH4N2O3.ClH/c4-1(2-5)3-6;/h5-6H,(H2,2,3,4);1H. The van der Waals surface area contributed by atoms with Gasteiger partial charge in [0.05, 0.1) is 0 Å². The van der Waals surface area contributed by atoms with Crippen LogP contribution in [0.4, 0.5) is 4.79 Å². The molecule has 7 heavy (non-hydrogen) atoms. The molecule has 0 aromatic heterocycles. The van der Waals surface area contributed by atoms with Gasteiger partial charge in [-0.25, -0.2) is 15.8 Å². The van der Waals surface area contributed by atoms with Crippen molar-refractivity contribution < 1.29 is 15.2 Å². The van der Waals surface area contributed by atoms with Crippen molar-refractivity contribution in [2.45, 2.75) is 0 Å². The summed E-state index contributed by atoms with van der Waals surface area (Å²) in [5, 5.41) is 15.0. The zero-order chi connectivity index (χ0) is 4.99. The highest BCUT2D eigenvalue weighted by Crippen LogP contribution is 1.47. The van der Waals surface area contributed by atoms with E-state index in [2.05, 4.69) is 0 Å². The number of amides is 2. The highest BCUT2D eigenvalue weighted by Gasteiger charge is 1.85. The van der Waals surface area contributed by atoms with E-state index in [-0.39, 0.29) is 12.4 Å². The first kappa shape index (κ1) is 9.70. The summed E-state index contributed by atoms with van der Waals surface area (Å²) in [5.41, 5.74) is 2.23. The molecule has 6 heteroatoms. The van der Waals surface area contributed by atoms with Crippen LogP contribution in [-0.4, -0.2) is 16.4 Å². The lowest BCUT2D eigenvalue weighted by Gasteiger charge is -1.88. The van der Waals surface area contributed by atoms with Crippen LogP contribution in [0, 0.1) is 0 Å². The summed E-state index contributed by atoms with van der Waals surface area (Å²) >= 11 is 0. The largest absolute Gasteiger partial charge is 0.362 e. The van der Waals surface area contributed by atoms with E-state index in [0.717, 1.165) is 11.0 Å². The molecule has 0 heterocycles. The fourth-order valence-electron chi connectivity index (χ4n) is 0.0250. The average Bonchev–Trinajstić information content (AvgIpc) is 1.65. The first-order valence-corrected chi connectivity index (χ1v) is 1.15. The van der Waals surface area contributed by atoms with Crippen molar-refractivity contribution in [3.63, 3.8) is 0 Å². The molecule has 4 N–H and O–H groups in total. The van der Waals surface area contributed by atoms with Gasteiger partial charge in [-0.1, -0.05) is 0 Å². The molecule has 0 aliphatic rings. The van der Waals surface area contributed by atoms with Gasteiger partial charge in [-0.05, 0) is 0 Å². The van der Waals surface area contributed by atoms with Crippen molar-refractivity contribution in [2.24, 2.45) is 0 Å². The molecule has 0 rings (SSSR count). The van der Waals surface area contributed by atoms with Crippen molar-refractivity contribution >= 4 is 18.4 Å². The van der Waals surface area contributed by atoms with E-state index in [1.54, 1.807) is 0 Å². The number of hydrogen-bond acceptors (Lipinski definition) is 3. The Hall–Kier alpha value is -0.520. The van der Waals surface area contributed by atoms with Gasteiger partial charge in [0.15, 0.2) is 0 Å². The van der Waals surface area contributed by atoms with Gasteiger partial charge < -0.3 is 0 Å². The Morgan fingerprint density at radius 2 is 1.57 bits per heavy atom. The van der Waals surface area contributed by atoms with E-state index >= 15 is 0 Å². The SMILES string of the molecule is Cl.O=C(NO)NO. The molecule has 0 atom stereocenters. The van der Waals surface area contributed by atoms with E-state index in [1.165, 1.54) is 0 Å². The molecular weight excluding hydrogens is 123 g/mol. The van der Waals surface area contributed by atoms with E-state index < -0.39 is 6.03 Å². The van der Waals surface area contributed by atoms with Crippen LogP contribution in [0.3, 0.4) is 0 Å². The average molecular weight is 129 g/mol. The van der Waals surface area contributed by atoms with Crippen molar-refractivity contribution in [3.05, 3.63) is 0 Å². The molecule has 0 saturated heterocycles. The molecular formula is CH5ClN2O3. The zero-order valence-electron chi connectivity index (χ0n) is 3.21. The number of hydroxylamine groups is 2. The molecule has 0 fully saturated rings. The maximum absolute atomic E-state index is 9.46. The lowest BCUT2D eigenvalue weighted by molar-refractivity contribution is 0.114. The third-order valence-corrected chi connectivity index (χ3v) is 0.203. The van der Waals surface area contributed by atoms with Gasteiger partial charge in [0, 0.05) is 0 Å². The van der Waals surface area contributed by atoms with Gasteiger partial charge in [0.1, 0.15) is 0 Å². The molecule has 2 amide bonds. The molecule has 0 aliphatic carbocycles. The number of nitrogens with one attached hydrogen (secondary N) is 2. The molecule has 0 bridgehead atoms. The summed E-state index contributed by atoms with van der Waals surface area (Å²) in [6, 6.07) is -1.05. The van der Waals surface area contributed by atoms with E-state index in [4.69, 9.17) is 10.4 Å². The Bertz CT molecular complexity index is 50.9. The number of carbonyl (C=O) groups excluding carboxylic acids is 1. The fraction of sp³-hybridized carbons (Fsp3) is 0. The van der Waals surface area contributed by atoms with Crippen LogP contribution in [0.5, 0.6) is 0 Å². The second-order valence-corrected chi connectivity index (χ2v) is 0.553. The highest BCUT2D eigenvalue weighted by molar-refractivity contribution is 5.85. The predicted molar refractivity (Wildman–Crippen MR) is 22.5 cm³/mol. The van der Waals surface area contributed by atoms with E-state index in [1.807, 2.05) is 0 Å². The molecule has 44 valence electrons. The lowest BCUT2D eigenvalue weighted by Crippen LogP contribution is -2.30. The predicted octanol–water partition coefficient (Wildman–Crippen LogP) is -0.514. The summed E-state index contributed by atoms with van der Waals surface area (Å²) in [6.07, 6.45) is 0. The van der Waals surface area contributed by atoms with Crippen molar-refractivity contribution in [1.29, 1.82) is 0 Å². The third-order valence-electron chi connectivity index (χ3n) is 0.203. The molecule has 0 saturated carbocycles. The Morgan fingerprint density at radius 3 is 1.57 bits per heavy atom. The minimum Gasteiger partial charge on any atom is -0.287 e. The van der Waals surface area contributed by atoms with Crippen molar-refractivity contribution in [3.8, 4) is 0 Å². The summed E-state index contributed by atoms with van der Waals surface area (Å²) in [7, 11) is 0. The van der Waals surface area contributed by atoms with Gasteiger partial charge in [-0.15, -0.1) is 12.4 Å². The zero-order valence-corrected chi connectivity index (χ0v) is 4.03. The van der Waals surface area contributed by atoms with Gasteiger partial charge in [-0.3, -0.25) is 10.4 Å². The van der Waals surface area contributed by atoms with Crippen molar-refractivity contribution in [2.75, 3.05) is 0 Å². The molecule has 0 aromatic carbocycles. The third kappa shape index (κ3) is 5.48. The van der Waals surface area contributed by atoms with Crippen LogP contribution in [0.2, 0.25) is 0 Å². The topological polar surface area (TPSA) is 81.6 Å². The fourth-order valence-corrected chi connectivity index (χ4v) is 0.0250. The van der Waals surface area contributed by atoms with Crippen molar-refractivity contribution in [1.82, 2.24) is 11.0 Å². The van der Waals surface area contributed by atoms with Crippen LogP contribution in [-0.2, 0) is 0 Å². The first-order valence-electron chi connectivity index (χ1n) is 1.15. The van der Waals surface area contributed by atoms with Crippen LogP contribution in [0.1, 0.15) is 0 Å². The molecule has 0 radical (unpaired) electrons. The van der Waals surface area contributed by atoms with E-state index in [0.29, 0.717) is 0 Å². The number of carbonyl (C=O) groups is 1. The van der Waals surface area contributed by atoms with Crippen LogP contribution >= 0.6 is 12.4 Å². The highest BCUT2D eigenvalue weighted by atomic mass is 35.5. The quantitative estimate of drug-likeness (QED) is 0.262. The van der Waals surface area contributed by atoms with Crippen LogP contribution in [0.15, 0.2) is 0 Å². The number of urea groups is 1. The number of hydrogen-bond donors (Lipinski definition) is 4. The molecule has 0 unspecified atom stereocenters. The summed E-state index contributed by atoms with van der Waals surface area (Å²) in [6.45, 7) is 0.